The van der Waals surface area contributed by atoms with Gasteiger partial charge in [0.1, 0.15) is 11.5 Å². The minimum Gasteiger partial charge on any atom is -0.497 e. The van der Waals surface area contributed by atoms with Crippen LogP contribution in [0.4, 0.5) is 0 Å². The number of aliphatic hydroxyl groups is 1. The van der Waals surface area contributed by atoms with Crippen molar-refractivity contribution in [3.8, 4) is 5.75 Å². The molecule has 0 bridgehead atoms. The summed E-state index contributed by atoms with van der Waals surface area (Å²) in [7, 11) is 1.57. The summed E-state index contributed by atoms with van der Waals surface area (Å²) in [6.45, 7) is 2.03. The predicted octanol–water partition coefficient (Wildman–Crippen LogP) is 2.86. The van der Waals surface area contributed by atoms with Crippen molar-refractivity contribution in [2.24, 2.45) is 17.3 Å². The maximum Gasteiger partial charge on any atom is 0.163 e. The summed E-state index contributed by atoms with van der Waals surface area (Å²) in [6.07, 6.45) is 2.94. The number of fused-ring (bicyclic) bond motifs is 5. The van der Waals surface area contributed by atoms with Crippen molar-refractivity contribution in [1.82, 2.24) is 0 Å². The first-order valence-electron chi connectivity index (χ1n) is 8.37. The first kappa shape index (κ1) is 14.9. The van der Waals surface area contributed by atoms with Crippen molar-refractivity contribution in [1.29, 1.82) is 0 Å². The molecule has 2 saturated carbocycles. The zero-order valence-corrected chi connectivity index (χ0v) is 13.6. The van der Waals surface area contributed by atoms with Gasteiger partial charge in [-0.1, -0.05) is 13.0 Å². The second-order valence-corrected chi connectivity index (χ2v) is 7.56. The van der Waals surface area contributed by atoms with Crippen molar-refractivity contribution >= 4 is 11.6 Å². The summed E-state index contributed by atoms with van der Waals surface area (Å²) in [5.41, 5.74) is -0.0529. The number of ether oxygens (including phenoxy) is 1. The van der Waals surface area contributed by atoms with Gasteiger partial charge in [-0.25, -0.2) is 0 Å². The lowest BCUT2D eigenvalue weighted by Gasteiger charge is -2.52. The molecule has 0 amide bonds. The number of ketones is 2. The fraction of sp³-hybridized carbons (Fsp3) is 0.579. The molecule has 0 saturated heterocycles. The standard InChI is InChI=1S/C19H22O4/c1-18-7-8-19(22)13-4-3-11(23-2)9-12(13)16(20)10-15(19)14(18)5-6-17(18)21/h3-4,9,14-15,22H,5-8,10H2,1-2H3/t14-,15-,18-,19+/m0/s1. The zero-order valence-electron chi connectivity index (χ0n) is 13.6. The third-order valence-electron chi connectivity index (χ3n) is 6.66. The van der Waals surface area contributed by atoms with Crippen LogP contribution in [-0.4, -0.2) is 23.8 Å². The Kier molecular flexibility index (Phi) is 3.02. The van der Waals surface area contributed by atoms with Crippen LogP contribution in [0, 0.1) is 17.3 Å². The lowest BCUT2D eigenvalue weighted by atomic mass is 9.53. The van der Waals surface area contributed by atoms with Crippen LogP contribution in [0.1, 0.15) is 54.9 Å². The van der Waals surface area contributed by atoms with Gasteiger partial charge in [0.2, 0.25) is 0 Å². The van der Waals surface area contributed by atoms with Crippen LogP contribution in [0.15, 0.2) is 18.2 Å². The van der Waals surface area contributed by atoms with Crippen LogP contribution in [0.2, 0.25) is 0 Å². The van der Waals surface area contributed by atoms with E-state index in [1.807, 2.05) is 13.0 Å². The fourth-order valence-electron chi connectivity index (χ4n) is 5.25. The lowest BCUT2D eigenvalue weighted by molar-refractivity contribution is -0.144. The second-order valence-electron chi connectivity index (χ2n) is 7.56. The third-order valence-corrected chi connectivity index (χ3v) is 6.66. The van der Waals surface area contributed by atoms with E-state index in [0.717, 1.165) is 12.0 Å². The maximum absolute atomic E-state index is 12.7. The van der Waals surface area contributed by atoms with Gasteiger partial charge in [-0.3, -0.25) is 9.59 Å². The van der Waals surface area contributed by atoms with Gasteiger partial charge in [-0.15, -0.1) is 0 Å². The summed E-state index contributed by atoms with van der Waals surface area (Å²) >= 11 is 0. The molecule has 0 radical (unpaired) electrons. The van der Waals surface area contributed by atoms with Gasteiger partial charge in [0.25, 0.3) is 0 Å². The number of benzene rings is 1. The molecule has 4 atom stereocenters. The Morgan fingerprint density at radius 3 is 2.74 bits per heavy atom. The quantitative estimate of drug-likeness (QED) is 0.866. The number of rotatable bonds is 1. The molecule has 1 aromatic carbocycles. The van der Waals surface area contributed by atoms with E-state index in [1.165, 1.54) is 0 Å². The summed E-state index contributed by atoms with van der Waals surface area (Å²) < 4.78 is 5.22. The van der Waals surface area contributed by atoms with Crippen molar-refractivity contribution in [2.75, 3.05) is 7.11 Å². The molecule has 0 heterocycles. The number of hydrogen-bond donors (Lipinski definition) is 1. The highest BCUT2D eigenvalue weighted by Crippen LogP contribution is 2.61. The highest BCUT2D eigenvalue weighted by Gasteiger charge is 2.61. The molecular formula is C19H22O4. The highest BCUT2D eigenvalue weighted by molar-refractivity contribution is 6.00. The number of carbonyl (C=O) groups excluding carboxylic acids is 2. The highest BCUT2D eigenvalue weighted by atomic mass is 16.5. The normalized spacial score (nSPS) is 38.7. The van der Waals surface area contributed by atoms with Crippen molar-refractivity contribution < 1.29 is 19.4 Å². The Hall–Kier alpha value is -1.68. The van der Waals surface area contributed by atoms with Crippen LogP contribution in [0.5, 0.6) is 5.75 Å². The number of carbonyl (C=O) groups is 2. The molecule has 0 unspecified atom stereocenters. The first-order chi connectivity index (χ1) is 10.9. The lowest BCUT2D eigenvalue weighted by Crippen LogP contribution is -2.53. The Morgan fingerprint density at radius 1 is 1.22 bits per heavy atom. The number of Topliss-reactive ketones (excluding diaryl/α,β-unsaturated/α-hetero) is 2. The Bertz CT molecular complexity index is 709. The first-order valence-corrected chi connectivity index (χ1v) is 8.37. The largest absolute Gasteiger partial charge is 0.497 e. The smallest absolute Gasteiger partial charge is 0.163 e. The average Bonchev–Trinajstić information content (AvgIpc) is 2.85. The van der Waals surface area contributed by atoms with Crippen LogP contribution >= 0.6 is 0 Å². The third kappa shape index (κ3) is 1.81. The SMILES string of the molecule is COc1ccc2c(c1)C(=O)C[C@H]1[C@@H]3CCC(=O)[C@@]3(C)CC[C@@]21O. The topological polar surface area (TPSA) is 63.6 Å². The number of hydrogen-bond acceptors (Lipinski definition) is 4. The van der Waals surface area contributed by atoms with Crippen LogP contribution in [0.3, 0.4) is 0 Å². The van der Waals surface area contributed by atoms with Gasteiger partial charge in [-0.2, -0.15) is 0 Å². The Labute approximate surface area is 135 Å². The Balaban J connectivity index is 1.83. The van der Waals surface area contributed by atoms with E-state index in [1.54, 1.807) is 19.2 Å². The molecule has 122 valence electrons. The minimum absolute atomic E-state index is 0.0529. The molecule has 3 aliphatic rings. The molecule has 1 N–H and O–H groups in total. The summed E-state index contributed by atoms with van der Waals surface area (Å²) in [4.78, 5) is 25.0. The zero-order chi connectivity index (χ0) is 16.4. The van der Waals surface area contributed by atoms with Crippen LogP contribution in [-0.2, 0) is 10.4 Å². The predicted molar refractivity (Wildman–Crippen MR) is 84.4 cm³/mol. The van der Waals surface area contributed by atoms with Crippen LogP contribution < -0.4 is 4.74 Å². The van der Waals surface area contributed by atoms with E-state index in [2.05, 4.69) is 0 Å². The van der Waals surface area contributed by atoms with Gasteiger partial charge in [0.05, 0.1) is 12.7 Å². The molecule has 1 aromatic rings. The van der Waals surface area contributed by atoms with E-state index in [-0.39, 0.29) is 23.0 Å². The van der Waals surface area contributed by atoms with Crippen LogP contribution in [0.25, 0.3) is 0 Å². The van der Waals surface area contributed by atoms with E-state index < -0.39 is 5.60 Å². The van der Waals surface area contributed by atoms with Gasteiger partial charge in [0, 0.05) is 29.7 Å². The molecule has 3 aliphatic carbocycles. The molecule has 0 spiro atoms. The molecule has 4 rings (SSSR count). The van der Waals surface area contributed by atoms with Gasteiger partial charge in [-0.05, 0) is 42.9 Å². The van der Waals surface area contributed by atoms with Crippen molar-refractivity contribution in [2.45, 2.75) is 44.6 Å². The molecule has 4 nitrogen and oxygen atoms in total. The average molecular weight is 314 g/mol. The Morgan fingerprint density at radius 2 is 2.00 bits per heavy atom. The molecule has 4 heteroatoms. The van der Waals surface area contributed by atoms with E-state index in [0.29, 0.717) is 42.8 Å². The number of methoxy groups -OCH3 is 1. The summed E-state index contributed by atoms with van der Waals surface area (Å²) in [6, 6.07) is 5.37. The van der Waals surface area contributed by atoms with Gasteiger partial charge >= 0.3 is 0 Å². The fourth-order valence-corrected chi connectivity index (χ4v) is 5.25. The summed E-state index contributed by atoms with van der Waals surface area (Å²) in [5, 5.41) is 11.5. The molecule has 23 heavy (non-hydrogen) atoms. The molecule has 2 fully saturated rings. The van der Waals surface area contributed by atoms with Gasteiger partial charge in [0.15, 0.2) is 5.78 Å². The van der Waals surface area contributed by atoms with Gasteiger partial charge < -0.3 is 9.84 Å². The summed E-state index contributed by atoms with van der Waals surface area (Å²) in [5.74, 6) is 0.944. The second kappa shape index (κ2) is 4.67. The van der Waals surface area contributed by atoms with Crippen molar-refractivity contribution in [3.05, 3.63) is 29.3 Å². The van der Waals surface area contributed by atoms with E-state index in [9.17, 15) is 14.7 Å². The van der Waals surface area contributed by atoms with Crippen molar-refractivity contribution in [3.63, 3.8) is 0 Å². The molecule has 0 aliphatic heterocycles. The van der Waals surface area contributed by atoms with E-state index in [4.69, 9.17) is 4.74 Å². The maximum atomic E-state index is 12.7. The minimum atomic E-state index is -0.996. The van der Waals surface area contributed by atoms with E-state index >= 15 is 0 Å². The molecule has 0 aromatic heterocycles. The molecular weight excluding hydrogens is 292 g/mol. The monoisotopic (exact) mass is 314 g/mol.